The Kier molecular flexibility index (Phi) is 15.3. The lowest BCUT2D eigenvalue weighted by Gasteiger charge is -2.38. The average Bonchev–Trinajstić information content (AvgIpc) is 3.70. The van der Waals surface area contributed by atoms with Gasteiger partial charge in [-0.3, -0.25) is 19.3 Å². The Morgan fingerprint density at radius 2 is 1.53 bits per heavy atom. The maximum absolute atomic E-state index is 13.2. The van der Waals surface area contributed by atoms with E-state index in [2.05, 4.69) is 39.8 Å². The van der Waals surface area contributed by atoms with Crippen LogP contribution in [0.25, 0.3) is 11.1 Å². The van der Waals surface area contributed by atoms with E-state index in [0.717, 1.165) is 78.5 Å². The lowest BCUT2D eigenvalue weighted by Crippen LogP contribution is -2.45. The zero-order valence-electron chi connectivity index (χ0n) is 34.7. The van der Waals surface area contributed by atoms with Crippen molar-refractivity contribution in [1.29, 1.82) is 0 Å². The van der Waals surface area contributed by atoms with E-state index in [1.54, 1.807) is 12.1 Å². The molecule has 2 heterocycles. The number of nitrogen functional groups attached to an aromatic ring is 1. The number of benzene rings is 4. The minimum atomic E-state index is -0.646. The van der Waals surface area contributed by atoms with E-state index in [1.165, 1.54) is 0 Å². The molecule has 0 radical (unpaired) electrons. The van der Waals surface area contributed by atoms with Crippen LogP contribution in [0.4, 0.5) is 11.4 Å². The molecule has 2 aliphatic rings. The van der Waals surface area contributed by atoms with E-state index >= 15 is 0 Å². The highest BCUT2D eigenvalue weighted by Crippen LogP contribution is 2.40. The molecule has 0 spiro atoms. The minimum Gasteiger partial charge on any atom is -0.459 e. The standard InChI is InChI=1S/C48H60N4O7/c1-48(2,3)59-46(56)42-19-12-26-52(42)31-39-29-43(35-24-22-33(32-53)23-25-35)58-47(57-39)38-16-11-15-37(28-38)36-14-10-13-34(27-36)30-50-44(54)20-6-4-5-7-21-45(55)51-41-18-9-8-17-40(41)49/h8-11,13-18,22-25,27-28,39,42-43,47,53H,4-7,12,19-21,26,29-32,49H2,1-3H3,(H,50,54)(H,51,55)/t39-,42-,43+,47+/m0/s1. The molecule has 4 aromatic carbocycles. The normalized spacial score (nSPS) is 19.6. The lowest BCUT2D eigenvalue weighted by atomic mass is 9.98. The van der Waals surface area contributed by atoms with E-state index in [4.69, 9.17) is 19.9 Å². The van der Waals surface area contributed by atoms with Crippen LogP contribution in [0.15, 0.2) is 97.1 Å². The molecule has 0 aliphatic carbocycles. The Bertz CT molecular complexity index is 2010. The van der Waals surface area contributed by atoms with Crippen LogP contribution >= 0.6 is 0 Å². The molecule has 0 aromatic heterocycles. The van der Waals surface area contributed by atoms with E-state index in [1.807, 2.05) is 81.4 Å². The number of aliphatic hydroxyl groups is 1. The van der Waals surface area contributed by atoms with E-state index < -0.39 is 11.9 Å². The number of rotatable bonds is 17. The molecular formula is C48H60N4O7. The third kappa shape index (κ3) is 13.0. The van der Waals surface area contributed by atoms with Gasteiger partial charge in [-0.1, -0.05) is 85.6 Å². The number of aliphatic hydroxyl groups excluding tert-OH is 1. The van der Waals surface area contributed by atoms with Crippen LogP contribution in [0.2, 0.25) is 0 Å². The van der Waals surface area contributed by atoms with Crippen LogP contribution in [0.3, 0.4) is 0 Å². The number of nitrogens with zero attached hydrogens (tertiary/aromatic N) is 1. The zero-order chi connectivity index (χ0) is 41.8. The molecule has 6 rings (SSSR count). The Hall–Kier alpha value is -5.07. The first-order valence-corrected chi connectivity index (χ1v) is 21.0. The zero-order valence-corrected chi connectivity index (χ0v) is 34.7. The molecule has 59 heavy (non-hydrogen) atoms. The molecular weight excluding hydrogens is 745 g/mol. The van der Waals surface area contributed by atoms with Crippen molar-refractivity contribution in [3.05, 3.63) is 119 Å². The predicted molar refractivity (Wildman–Crippen MR) is 230 cm³/mol. The molecule has 2 aliphatic heterocycles. The van der Waals surface area contributed by atoms with Crippen LogP contribution in [-0.2, 0) is 41.7 Å². The van der Waals surface area contributed by atoms with Gasteiger partial charge in [0.2, 0.25) is 11.8 Å². The van der Waals surface area contributed by atoms with Crippen molar-refractivity contribution in [2.24, 2.45) is 0 Å². The number of unbranched alkanes of at least 4 members (excludes halogenated alkanes) is 3. The summed E-state index contributed by atoms with van der Waals surface area (Å²) in [6, 6.07) is 31.1. The summed E-state index contributed by atoms with van der Waals surface area (Å²) in [4.78, 5) is 40.4. The largest absolute Gasteiger partial charge is 0.459 e. The highest BCUT2D eigenvalue weighted by molar-refractivity contribution is 5.93. The van der Waals surface area contributed by atoms with Gasteiger partial charge in [0.1, 0.15) is 11.6 Å². The van der Waals surface area contributed by atoms with Crippen molar-refractivity contribution in [1.82, 2.24) is 10.2 Å². The fourth-order valence-corrected chi connectivity index (χ4v) is 7.74. The predicted octanol–water partition coefficient (Wildman–Crippen LogP) is 8.38. The number of para-hydroxylation sites is 2. The van der Waals surface area contributed by atoms with Crippen molar-refractivity contribution in [2.45, 2.75) is 122 Å². The van der Waals surface area contributed by atoms with Gasteiger partial charge in [0.05, 0.1) is 30.2 Å². The highest BCUT2D eigenvalue weighted by atomic mass is 16.7. The number of nitrogens with one attached hydrogen (secondary N) is 2. The molecule has 11 heteroatoms. The van der Waals surface area contributed by atoms with E-state index in [9.17, 15) is 19.5 Å². The molecule has 314 valence electrons. The fraction of sp³-hybridized carbons (Fsp3) is 0.438. The number of carbonyl (C=O) groups is 3. The maximum atomic E-state index is 13.2. The van der Waals surface area contributed by atoms with Crippen LogP contribution in [-0.4, -0.2) is 58.6 Å². The summed E-state index contributed by atoms with van der Waals surface area (Å²) in [5, 5.41) is 15.6. The van der Waals surface area contributed by atoms with Gasteiger partial charge >= 0.3 is 5.97 Å². The average molecular weight is 805 g/mol. The molecule has 0 saturated carbocycles. The quantitative estimate of drug-likeness (QED) is 0.0469. The van der Waals surface area contributed by atoms with Gasteiger partial charge in [-0.2, -0.15) is 0 Å². The van der Waals surface area contributed by atoms with E-state index in [0.29, 0.717) is 43.7 Å². The van der Waals surface area contributed by atoms with Crippen LogP contribution < -0.4 is 16.4 Å². The Labute approximate surface area is 348 Å². The first-order valence-electron chi connectivity index (χ1n) is 21.0. The number of carbonyl (C=O) groups excluding carboxylic acids is 3. The topological polar surface area (TPSA) is 152 Å². The van der Waals surface area contributed by atoms with Gasteiger partial charge in [-0.25, -0.2) is 0 Å². The highest BCUT2D eigenvalue weighted by Gasteiger charge is 2.39. The molecule has 4 atom stereocenters. The van der Waals surface area contributed by atoms with Crippen molar-refractivity contribution in [3.8, 4) is 11.1 Å². The fourth-order valence-electron chi connectivity index (χ4n) is 7.74. The summed E-state index contributed by atoms with van der Waals surface area (Å²) in [7, 11) is 0. The third-order valence-corrected chi connectivity index (χ3v) is 10.8. The molecule has 2 saturated heterocycles. The summed E-state index contributed by atoms with van der Waals surface area (Å²) in [6.07, 6.45) is 5.29. The van der Waals surface area contributed by atoms with Crippen molar-refractivity contribution < 1.29 is 33.7 Å². The van der Waals surface area contributed by atoms with Crippen molar-refractivity contribution >= 4 is 29.2 Å². The molecule has 0 bridgehead atoms. The Morgan fingerprint density at radius 1 is 0.814 bits per heavy atom. The molecule has 4 aromatic rings. The smallest absolute Gasteiger partial charge is 0.323 e. The van der Waals surface area contributed by atoms with Gasteiger partial charge in [0.15, 0.2) is 6.29 Å². The number of amides is 2. The van der Waals surface area contributed by atoms with Crippen LogP contribution in [0.1, 0.15) is 113 Å². The van der Waals surface area contributed by atoms with Crippen LogP contribution in [0, 0.1) is 0 Å². The SMILES string of the molecule is CC(C)(C)OC(=O)[C@@H]1CCCN1C[C@@H]1C[C@H](c2ccc(CO)cc2)O[C@H](c2cccc(-c3cccc(CNC(=O)CCCCCCC(=O)Nc4ccccc4N)c3)c2)O1. The van der Waals surface area contributed by atoms with Gasteiger partial charge < -0.3 is 35.7 Å². The van der Waals surface area contributed by atoms with Gasteiger partial charge in [0, 0.05) is 37.9 Å². The maximum Gasteiger partial charge on any atom is 0.323 e. The monoisotopic (exact) mass is 804 g/mol. The molecule has 2 fully saturated rings. The van der Waals surface area contributed by atoms with E-state index in [-0.39, 0.29) is 42.6 Å². The lowest BCUT2D eigenvalue weighted by molar-refractivity contribution is -0.253. The van der Waals surface area contributed by atoms with Gasteiger partial charge in [-0.05, 0) is 105 Å². The number of ether oxygens (including phenoxy) is 3. The number of anilines is 2. The summed E-state index contributed by atoms with van der Waals surface area (Å²) < 4.78 is 19.2. The third-order valence-electron chi connectivity index (χ3n) is 10.8. The second kappa shape index (κ2) is 20.8. The second-order valence-corrected chi connectivity index (χ2v) is 16.7. The Balaban J connectivity index is 1.03. The number of nitrogens with two attached hydrogens (primary N) is 1. The minimum absolute atomic E-state index is 0.00254. The summed E-state index contributed by atoms with van der Waals surface area (Å²) in [5.74, 6) is -0.244. The van der Waals surface area contributed by atoms with Crippen molar-refractivity contribution in [3.63, 3.8) is 0 Å². The number of hydrogen-bond donors (Lipinski definition) is 4. The van der Waals surface area contributed by atoms with Gasteiger partial charge in [-0.15, -0.1) is 0 Å². The van der Waals surface area contributed by atoms with Crippen molar-refractivity contribution in [2.75, 3.05) is 24.1 Å². The molecule has 0 unspecified atom stereocenters. The summed E-state index contributed by atoms with van der Waals surface area (Å²) in [5.41, 5.74) is 12.3. The summed E-state index contributed by atoms with van der Waals surface area (Å²) >= 11 is 0. The van der Waals surface area contributed by atoms with Crippen LogP contribution in [0.5, 0.6) is 0 Å². The number of hydrogen-bond acceptors (Lipinski definition) is 9. The second-order valence-electron chi connectivity index (χ2n) is 16.7. The number of likely N-dealkylation sites (tertiary alicyclic amines) is 1. The Morgan fingerprint density at radius 3 is 2.25 bits per heavy atom. The first kappa shape index (κ1) is 43.5. The van der Waals surface area contributed by atoms with Gasteiger partial charge in [0.25, 0.3) is 0 Å². The molecule has 5 N–H and O–H groups in total. The number of esters is 1. The summed E-state index contributed by atoms with van der Waals surface area (Å²) in [6.45, 7) is 7.45. The molecule has 11 nitrogen and oxygen atoms in total. The molecule has 2 amide bonds. The first-order chi connectivity index (χ1) is 28.4.